The molecule has 1 heterocycles. The van der Waals surface area contributed by atoms with Crippen molar-refractivity contribution in [3.8, 4) is 0 Å². The van der Waals surface area contributed by atoms with E-state index in [0.29, 0.717) is 28.0 Å². The minimum atomic E-state index is -0.126. The highest BCUT2D eigenvalue weighted by molar-refractivity contribution is 8.01. The van der Waals surface area contributed by atoms with Crippen LogP contribution in [0.2, 0.25) is 10.0 Å². The standard InChI is InChI=1S/C21H19Cl2N3O2S2/c22-15-3-1-14(2-4-15)9-10-24-19(27)11-18-12-29-21(26-18)30-13-20(28)25-17-7-5-16(23)6-8-17/h1-8,12H,9-11,13H2,(H,24,27)(H,25,28). The summed E-state index contributed by atoms with van der Waals surface area (Å²) in [6, 6.07) is 14.5. The summed E-state index contributed by atoms with van der Waals surface area (Å²) < 4.78 is 0.755. The van der Waals surface area contributed by atoms with E-state index in [2.05, 4.69) is 15.6 Å². The Balaban J connectivity index is 1.37. The Bertz CT molecular complexity index is 992. The molecule has 0 unspecified atom stereocenters. The molecule has 3 aromatic rings. The van der Waals surface area contributed by atoms with Crippen molar-refractivity contribution in [2.75, 3.05) is 17.6 Å². The van der Waals surface area contributed by atoms with Crippen LogP contribution in [0, 0.1) is 0 Å². The molecule has 3 rings (SSSR count). The van der Waals surface area contributed by atoms with Gasteiger partial charge in [-0.1, -0.05) is 47.1 Å². The van der Waals surface area contributed by atoms with E-state index in [0.717, 1.165) is 16.3 Å². The molecule has 2 N–H and O–H groups in total. The summed E-state index contributed by atoms with van der Waals surface area (Å²) in [5, 5.41) is 8.86. The Labute approximate surface area is 193 Å². The summed E-state index contributed by atoms with van der Waals surface area (Å²) in [7, 11) is 0. The molecular weight excluding hydrogens is 461 g/mol. The number of hydrogen-bond acceptors (Lipinski definition) is 5. The third-order valence-corrected chi connectivity index (χ3v) is 6.55. The van der Waals surface area contributed by atoms with Crippen LogP contribution in [0.25, 0.3) is 0 Å². The lowest BCUT2D eigenvalue weighted by Gasteiger charge is -2.05. The van der Waals surface area contributed by atoms with E-state index in [1.807, 2.05) is 29.6 Å². The molecule has 9 heteroatoms. The number of amides is 2. The SMILES string of the molecule is O=C(Cc1csc(SCC(=O)Nc2ccc(Cl)cc2)n1)NCCc1ccc(Cl)cc1. The minimum Gasteiger partial charge on any atom is -0.355 e. The van der Waals surface area contributed by atoms with Gasteiger partial charge in [0.15, 0.2) is 4.34 Å². The molecule has 156 valence electrons. The Morgan fingerprint density at radius 1 is 0.967 bits per heavy atom. The molecule has 2 amide bonds. The second kappa shape index (κ2) is 11.4. The minimum absolute atomic E-state index is 0.0775. The van der Waals surface area contributed by atoms with E-state index in [1.165, 1.54) is 23.1 Å². The zero-order chi connectivity index (χ0) is 21.3. The molecule has 0 spiro atoms. The summed E-state index contributed by atoms with van der Waals surface area (Å²) in [6.07, 6.45) is 0.957. The summed E-state index contributed by atoms with van der Waals surface area (Å²) >= 11 is 14.5. The largest absolute Gasteiger partial charge is 0.355 e. The number of nitrogens with one attached hydrogen (secondary N) is 2. The molecule has 0 bridgehead atoms. The van der Waals surface area contributed by atoms with E-state index in [1.54, 1.807) is 24.3 Å². The van der Waals surface area contributed by atoms with E-state index >= 15 is 0 Å². The van der Waals surface area contributed by atoms with Gasteiger partial charge in [0.05, 0.1) is 17.9 Å². The Hall–Kier alpha value is -2.06. The number of thiazole rings is 1. The molecule has 0 radical (unpaired) electrons. The molecule has 0 atom stereocenters. The van der Waals surface area contributed by atoms with Crippen molar-refractivity contribution in [2.24, 2.45) is 0 Å². The van der Waals surface area contributed by atoms with Gasteiger partial charge >= 0.3 is 0 Å². The molecule has 0 aliphatic carbocycles. The zero-order valence-corrected chi connectivity index (χ0v) is 19.0. The van der Waals surface area contributed by atoms with Crippen molar-refractivity contribution in [2.45, 2.75) is 17.2 Å². The fourth-order valence-corrected chi connectivity index (χ4v) is 4.41. The summed E-state index contributed by atoms with van der Waals surface area (Å²) in [5.74, 6) is 0.0355. The van der Waals surface area contributed by atoms with Crippen LogP contribution in [-0.4, -0.2) is 29.1 Å². The second-order valence-corrected chi connectivity index (χ2v) is 9.31. The average molecular weight is 480 g/mol. The first-order valence-corrected chi connectivity index (χ1v) is 11.7. The predicted octanol–water partition coefficient (Wildman–Crippen LogP) is 5.08. The van der Waals surface area contributed by atoms with Crippen molar-refractivity contribution in [1.82, 2.24) is 10.3 Å². The lowest BCUT2D eigenvalue weighted by molar-refractivity contribution is -0.120. The molecule has 0 saturated carbocycles. The number of hydrogen-bond donors (Lipinski definition) is 2. The highest BCUT2D eigenvalue weighted by atomic mass is 35.5. The predicted molar refractivity (Wildman–Crippen MR) is 125 cm³/mol. The number of thioether (sulfide) groups is 1. The second-order valence-electron chi connectivity index (χ2n) is 6.35. The number of benzene rings is 2. The molecule has 0 fully saturated rings. The van der Waals surface area contributed by atoms with Crippen LogP contribution in [-0.2, 0) is 22.4 Å². The van der Waals surface area contributed by atoms with Gasteiger partial charge in [0.2, 0.25) is 11.8 Å². The van der Waals surface area contributed by atoms with Gasteiger partial charge in [-0.25, -0.2) is 4.98 Å². The van der Waals surface area contributed by atoms with E-state index < -0.39 is 0 Å². The number of aromatic nitrogens is 1. The Morgan fingerprint density at radius 3 is 2.33 bits per heavy atom. The first-order chi connectivity index (χ1) is 14.5. The van der Waals surface area contributed by atoms with Gasteiger partial charge in [-0.3, -0.25) is 9.59 Å². The fraction of sp³-hybridized carbons (Fsp3) is 0.190. The van der Waals surface area contributed by atoms with Gasteiger partial charge in [-0.15, -0.1) is 11.3 Å². The lowest BCUT2D eigenvalue weighted by Crippen LogP contribution is -2.27. The maximum absolute atomic E-state index is 12.1. The molecule has 2 aromatic carbocycles. The molecule has 1 aromatic heterocycles. The van der Waals surface area contributed by atoms with Crippen molar-refractivity contribution < 1.29 is 9.59 Å². The van der Waals surface area contributed by atoms with Crippen LogP contribution in [0.4, 0.5) is 5.69 Å². The topological polar surface area (TPSA) is 71.1 Å². The third-order valence-electron chi connectivity index (χ3n) is 3.98. The van der Waals surface area contributed by atoms with Crippen LogP contribution in [0.1, 0.15) is 11.3 Å². The number of carbonyl (C=O) groups excluding carboxylic acids is 2. The lowest BCUT2D eigenvalue weighted by atomic mass is 10.1. The number of carbonyl (C=O) groups is 2. The van der Waals surface area contributed by atoms with Crippen LogP contribution < -0.4 is 10.6 Å². The number of anilines is 1. The van der Waals surface area contributed by atoms with Crippen LogP contribution in [0.5, 0.6) is 0 Å². The third kappa shape index (κ3) is 7.65. The van der Waals surface area contributed by atoms with Crippen LogP contribution in [0.15, 0.2) is 58.3 Å². The first kappa shape index (κ1) is 22.6. The highest BCUT2D eigenvalue weighted by Gasteiger charge is 2.10. The van der Waals surface area contributed by atoms with Gasteiger partial charge < -0.3 is 10.6 Å². The van der Waals surface area contributed by atoms with Crippen LogP contribution >= 0.6 is 46.3 Å². The zero-order valence-electron chi connectivity index (χ0n) is 15.9. The summed E-state index contributed by atoms with van der Waals surface area (Å²) in [4.78, 5) is 28.6. The maximum atomic E-state index is 12.1. The molecular formula is C21H19Cl2N3O2S2. The Morgan fingerprint density at radius 2 is 1.63 bits per heavy atom. The molecule has 30 heavy (non-hydrogen) atoms. The van der Waals surface area contributed by atoms with E-state index in [4.69, 9.17) is 23.2 Å². The molecule has 0 saturated heterocycles. The van der Waals surface area contributed by atoms with Gasteiger partial charge in [0.1, 0.15) is 0 Å². The first-order valence-electron chi connectivity index (χ1n) is 9.12. The van der Waals surface area contributed by atoms with Gasteiger partial charge in [0.25, 0.3) is 0 Å². The van der Waals surface area contributed by atoms with E-state index in [9.17, 15) is 9.59 Å². The molecule has 0 aliphatic heterocycles. The Kier molecular flexibility index (Phi) is 8.57. The number of rotatable bonds is 9. The maximum Gasteiger partial charge on any atom is 0.234 e. The summed E-state index contributed by atoms with van der Waals surface area (Å²) in [5.41, 5.74) is 2.51. The summed E-state index contributed by atoms with van der Waals surface area (Å²) in [6.45, 7) is 0.553. The van der Waals surface area contributed by atoms with Crippen molar-refractivity contribution in [3.05, 3.63) is 75.2 Å². The van der Waals surface area contributed by atoms with Crippen LogP contribution in [0.3, 0.4) is 0 Å². The molecule has 5 nitrogen and oxygen atoms in total. The smallest absolute Gasteiger partial charge is 0.234 e. The van der Waals surface area contributed by atoms with Gasteiger partial charge in [-0.05, 0) is 48.4 Å². The van der Waals surface area contributed by atoms with Gasteiger partial charge in [-0.2, -0.15) is 0 Å². The number of halogens is 2. The quantitative estimate of drug-likeness (QED) is 0.419. The van der Waals surface area contributed by atoms with Crippen molar-refractivity contribution in [3.63, 3.8) is 0 Å². The van der Waals surface area contributed by atoms with Crippen molar-refractivity contribution in [1.29, 1.82) is 0 Å². The van der Waals surface area contributed by atoms with Crippen molar-refractivity contribution >= 4 is 63.8 Å². The van der Waals surface area contributed by atoms with E-state index in [-0.39, 0.29) is 24.0 Å². The normalized spacial score (nSPS) is 10.6. The fourth-order valence-electron chi connectivity index (χ4n) is 2.52. The van der Waals surface area contributed by atoms with Gasteiger partial charge in [0, 0.05) is 27.7 Å². The number of nitrogens with zero attached hydrogens (tertiary/aromatic N) is 1. The monoisotopic (exact) mass is 479 g/mol. The molecule has 0 aliphatic rings. The highest BCUT2D eigenvalue weighted by Crippen LogP contribution is 2.23. The average Bonchev–Trinajstić information content (AvgIpc) is 3.17.